The molecule has 0 spiro atoms. The number of rotatable bonds is 4. The Kier molecular flexibility index (Phi) is 9.21. The molecule has 2 fully saturated rings. The largest absolute Gasteiger partial charge is 0.370 e. The van der Waals surface area contributed by atoms with Gasteiger partial charge in [0.05, 0.1) is 19.3 Å². The lowest BCUT2D eigenvalue weighted by atomic mass is 9.84. The standard InChI is InChI=1S/C17H28N4O2.2ClH/c1-13(14-3-5-18-6-4-14)9-17(22)21-7-8-23-16(12-21)15-10-19-20(2)11-15;;/h10-11,13-14,16,18H,3-9,12H2,1-2H3;2*1H. The summed E-state index contributed by atoms with van der Waals surface area (Å²) in [4.78, 5) is 14.6. The molecule has 1 N–H and O–H groups in total. The van der Waals surface area contributed by atoms with Crippen LogP contribution in [0, 0.1) is 11.8 Å². The monoisotopic (exact) mass is 392 g/mol. The number of halogens is 2. The van der Waals surface area contributed by atoms with E-state index >= 15 is 0 Å². The highest BCUT2D eigenvalue weighted by Crippen LogP contribution is 2.27. The smallest absolute Gasteiger partial charge is 0.223 e. The summed E-state index contributed by atoms with van der Waals surface area (Å²) in [6, 6.07) is 0. The van der Waals surface area contributed by atoms with Crippen molar-refractivity contribution in [2.75, 3.05) is 32.8 Å². The summed E-state index contributed by atoms with van der Waals surface area (Å²) in [5, 5.41) is 7.59. The second-order valence-electron chi connectivity index (χ2n) is 6.92. The number of amides is 1. The molecule has 0 aliphatic carbocycles. The maximum Gasteiger partial charge on any atom is 0.223 e. The van der Waals surface area contributed by atoms with Gasteiger partial charge < -0.3 is 15.0 Å². The Labute approximate surface area is 162 Å². The van der Waals surface area contributed by atoms with E-state index in [1.54, 1.807) is 4.68 Å². The predicted octanol–water partition coefficient (Wildman–Crippen LogP) is 2.19. The van der Waals surface area contributed by atoms with Crippen molar-refractivity contribution in [3.8, 4) is 0 Å². The first-order valence-corrected chi connectivity index (χ1v) is 8.72. The average Bonchev–Trinajstić information content (AvgIpc) is 3.02. The fourth-order valence-electron chi connectivity index (χ4n) is 3.67. The van der Waals surface area contributed by atoms with E-state index in [1.165, 1.54) is 12.8 Å². The minimum Gasteiger partial charge on any atom is -0.370 e. The number of hydrogen-bond donors (Lipinski definition) is 1. The maximum absolute atomic E-state index is 12.7. The molecule has 144 valence electrons. The minimum atomic E-state index is -0.0458. The molecule has 0 radical (unpaired) electrons. The van der Waals surface area contributed by atoms with Crippen LogP contribution in [0.15, 0.2) is 12.4 Å². The summed E-state index contributed by atoms with van der Waals surface area (Å²) in [6.07, 6.45) is 6.79. The van der Waals surface area contributed by atoms with E-state index in [0.717, 1.165) is 18.7 Å². The number of hydrogen-bond acceptors (Lipinski definition) is 4. The molecule has 6 nitrogen and oxygen atoms in total. The zero-order valence-electron chi connectivity index (χ0n) is 15.0. The fourth-order valence-corrected chi connectivity index (χ4v) is 3.67. The molecule has 1 aromatic heterocycles. The average molecular weight is 393 g/mol. The number of piperidine rings is 1. The van der Waals surface area contributed by atoms with Gasteiger partial charge in [-0.1, -0.05) is 6.92 Å². The molecular weight excluding hydrogens is 363 g/mol. The molecule has 2 saturated heterocycles. The van der Waals surface area contributed by atoms with Crippen molar-refractivity contribution in [2.45, 2.75) is 32.3 Å². The number of nitrogens with one attached hydrogen (secondary N) is 1. The van der Waals surface area contributed by atoms with Gasteiger partial charge >= 0.3 is 0 Å². The summed E-state index contributed by atoms with van der Waals surface area (Å²) < 4.78 is 7.60. The molecule has 1 amide bonds. The highest BCUT2D eigenvalue weighted by Gasteiger charge is 2.29. The van der Waals surface area contributed by atoms with E-state index in [9.17, 15) is 4.79 Å². The Morgan fingerprint density at radius 3 is 2.76 bits per heavy atom. The third-order valence-electron chi connectivity index (χ3n) is 5.20. The van der Waals surface area contributed by atoms with Crippen LogP contribution >= 0.6 is 24.8 Å². The van der Waals surface area contributed by atoms with Gasteiger partial charge in [-0.15, -0.1) is 24.8 Å². The highest BCUT2D eigenvalue weighted by molar-refractivity contribution is 5.85. The van der Waals surface area contributed by atoms with Crippen LogP contribution < -0.4 is 5.32 Å². The number of carbonyl (C=O) groups is 1. The van der Waals surface area contributed by atoms with Crippen LogP contribution in [-0.4, -0.2) is 53.4 Å². The van der Waals surface area contributed by atoms with Crippen LogP contribution in [0.3, 0.4) is 0 Å². The first-order valence-electron chi connectivity index (χ1n) is 8.72. The van der Waals surface area contributed by atoms with Crippen LogP contribution in [0.1, 0.15) is 37.9 Å². The van der Waals surface area contributed by atoms with E-state index in [1.807, 2.05) is 24.3 Å². The summed E-state index contributed by atoms with van der Waals surface area (Å²) >= 11 is 0. The van der Waals surface area contributed by atoms with E-state index in [0.29, 0.717) is 38.0 Å². The van der Waals surface area contributed by atoms with Crippen molar-refractivity contribution >= 4 is 30.7 Å². The number of aryl methyl sites for hydroxylation is 1. The quantitative estimate of drug-likeness (QED) is 0.852. The van der Waals surface area contributed by atoms with E-state index < -0.39 is 0 Å². The molecule has 8 heteroatoms. The number of morpholine rings is 1. The lowest BCUT2D eigenvalue weighted by Crippen LogP contribution is -2.43. The van der Waals surface area contributed by atoms with Crippen molar-refractivity contribution in [3.63, 3.8) is 0 Å². The van der Waals surface area contributed by atoms with Gasteiger partial charge in [-0.05, 0) is 37.8 Å². The van der Waals surface area contributed by atoms with Crippen molar-refractivity contribution < 1.29 is 9.53 Å². The van der Waals surface area contributed by atoms with Crippen LogP contribution in [-0.2, 0) is 16.6 Å². The molecular formula is C17H30Cl2N4O2. The molecule has 2 aliphatic heterocycles. The number of nitrogens with zero attached hydrogens (tertiary/aromatic N) is 3. The van der Waals surface area contributed by atoms with Gasteiger partial charge in [-0.25, -0.2) is 0 Å². The third-order valence-corrected chi connectivity index (χ3v) is 5.20. The lowest BCUT2D eigenvalue weighted by Gasteiger charge is -2.34. The van der Waals surface area contributed by atoms with E-state index in [4.69, 9.17) is 4.74 Å². The first-order chi connectivity index (χ1) is 11.1. The summed E-state index contributed by atoms with van der Waals surface area (Å²) in [6.45, 7) is 6.35. The Morgan fingerprint density at radius 2 is 2.12 bits per heavy atom. The topological polar surface area (TPSA) is 59.4 Å². The molecule has 0 bridgehead atoms. The van der Waals surface area contributed by atoms with Gasteiger partial charge in [0.1, 0.15) is 6.10 Å². The minimum absolute atomic E-state index is 0. The van der Waals surface area contributed by atoms with Gasteiger partial charge in [-0.3, -0.25) is 9.48 Å². The Bertz CT molecular complexity index is 534. The predicted molar refractivity (Wildman–Crippen MR) is 102 cm³/mol. The molecule has 25 heavy (non-hydrogen) atoms. The van der Waals surface area contributed by atoms with Gasteiger partial charge in [0.25, 0.3) is 0 Å². The Hall–Kier alpha value is -0.820. The normalized spacial score (nSPS) is 22.6. The third kappa shape index (κ3) is 5.84. The van der Waals surface area contributed by atoms with Gasteiger partial charge in [0.2, 0.25) is 5.91 Å². The van der Waals surface area contributed by atoms with Crippen LogP contribution in [0.25, 0.3) is 0 Å². The Morgan fingerprint density at radius 1 is 1.40 bits per heavy atom. The molecule has 0 saturated carbocycles. The number of ether oxygens (including phenoxy) is 1. The first kappa shape index (κ1) is 22.2. The molecule has 3 rings (SSSR count). The maximum atomic E-state index is 12.7. The molecule has 0 aromatic carbocycles. The SMILES string of the molecule is CC(CC(=O)N1CCOC(c2cnn(C)c2)C1)C1CCNCC1.Cl.Cl. The second-order valence-corrected chi connectivity index (χ2v) is 6.92. The van der Waals surface area contributed by atoms with Crippen LogP contribution in [0.4, 0.5) is 0 Å². The van der Waals surface area contributed by atoms with Crippen LogP contribution in [0.5, 0.6) is 0 Å². The second kappa shape index (κ2) is 10.4. The van der Waals surface area contributed by atoms with Crippen molar-refractivity contribution in [3.05, 3.63) is 18.0 Å². The zero-order chi connectivity index (χ0) is 16.2. The highest BCUT2D eigenvalue weighted by atomic mass is 35.5. The molecule has 2 atom stereocenters. The number of aromatic nitrogens is 2. The molecule has 2 unspecified atom stereocenters. The van der Waals surface area contributed by atoms with Gasteiger partial charge in [-0.2, -0.15) is 5.10 Å². The summed E-state index contributed by atoms with van der Waals surface area (Å²) in [5.74, 6) is 1.41. The van der Waals surface area contributed by atoms with E-state index in [2.05, 4.69) is 17.3 Å². The van der Waals surface area contributed by atoms with Gasteiger partial charge in [0, 0.05) is 31.8 Å². The molecule has 3 heterocycles. The Balaban J connectivity index is 0.00000156. The van der Waals surface area contributed by atoms with Crippen molar-refractivity contribution in [1.29, 1.82) is 0 Å². The number of carbonyl (C=O) groups excluding carboxylic acids is 1. The van der Waals surface area contributed by atoms with Crippen molar-refractivity contribution in [2.24, 2.45) is 18.9 Å². The van der Waals surface area contributed by atoms with E-state index in [-0.39, 0.29) is 36.8 Å². The fraction of sp³-hybridized carbons (Fsp3) is 0.765. The van der Waals surface area contributed by atoms with Crippen LogP contribution in [0.2, 0.25) is 0 Å². The van der Waals surface area contributed by atoms with Gasteiger partial charge in [0.15, 0.2) is 0 Å². The zero-order valence-corrected chi connectivity index (χ0v) is 16.7. The lowest BCUT2D eigenvalue weighted by molar-refractivity contribution is -0.140. The molecule has 2 aliphatic rings. The molecule has 1 aromatic rings. The summed E-state index contributed by atoms with van der Waals surface area (Å²) in [7, 11) is 1.90. The van der Waals surface area contributed by atoms with Crippen molar-refractivity contribution in [1.82, 2.24) is 20.0 Å². The summed E-state index contributed by atoms with van der Waals surface area (Å²) in [5.41, 5.74) is 1.05.